The van der Waals surface area contributed by atoms with Gasteiger partial charge in [0, 0.05) is 56.8 Å². The molecule has 0 spiro atoms. The number of amides is 5. The number of Topliss-reactive ketones (excluding diaryl/α,β-unsaturated/α-hetero) is 1. The Morgan fingerprint density at radius 2 is 1.70 bits per heavy atom. The molecule has 4 aliphatic rings. The number of aryl methyl sites for hydroxylation is 1. The first-order chi connectivity index (χ1) is 29.0. The van der Waals surface area contributed by atoms with Crippen molar-refractivity contribution in [3.8, 4) is 0 Å². The summed E-state index contributed by atoms with van der Waals surface area (Å²) in [5, 5.41) is 8.75. The molecule has 8 rings (SSSR count). The van der Waals surface area contributed by atoms with E-state index >= 15 is 0 Å². The van der Waals surface area contributed by atoms with E-state index in [4.69, 9.17) is 9.72 Å². The van der Waals surface area contributed by atoms with E-state index in [1.165, 1.54) is 19.1 Å². The minimum atomic E-state index is -1.10. The van der Waals surface area contributed by atoms with Crippen molar-refractivity contribution < 1.29 is 33.5 Å². The number of anilines is 4. The number of nitrogens with one attached hydrogen (secondary N) is 3. The number of piperazine rings is 1. The van der Waals surface area contributed by atoms with Gasteiger partial charge < -0.3 is 20.3 Å². The number of carbonyl (C=O) groups is 6. The molecule has 5 amide bonds. The SMILES string of the molecule is CC(=O)c1c(C)c2cnc(Nc3ccc(N4CCN(CCOCCC(=O)Nc5cccc6c5C(=O)N(C5CCC(=O)NC5=O)C6=O)CC4)cn3)nc2n(C2CCCC2)c1=O. The summed E-state index contributed by atoms with van der Waals surface area (Å²) in [7, 11) is 0. The number of carbonyl (C=O) groups excluding carboxylic acids is 6. The third-order valence-corrected chi connectivity index (χ3v) is 11.7. The van der Waals surface area contributed by atoms with E-state index < -0.39 is 29.7 Å². The van der Waals surface area contributed by atoms with Gasteiger partial charge in [0.1, 0.15) is 17.5 Å². The number of aromatic nitrogens is 4. The highest BCUT2D eigenvalue weighted by Crippen LogP contribution is 2.34. The van der Waals surface area contributed by atoms with Crippen LogP contribution < -0.4 is 26.4 Å². The highest BCUT2D eigenvalue weighted by Gasteiger charge is 2.45. The lowest BCUT2D eigenvalue weighted by molar-refractivity contribution is -0.136. The average Bonchev–Trinajstić information content (AvgIpc) is 3.85. The van der Waals surface area contributed by atoms with Crippen LogP contribution in [-0.2, 0) is 19.1 Å². The van der Waals surface area contributed by atoms with Crippen molar-refractivity contribution >= 4 is 69.5 Å². The second-order valence-corrected chi connectivity index (χ2v) is 15.5. The second kappa shape index (κ2) is 17.1. The molecule has 2 saturated heterocycles. The van der Waals surface area contributed by atoms with Gasteiger partial charge in [-0.05, 0) is 62.9 Å². The molecule has 0 bridgehead atoms. The summed E-state index contributed by atoms with van der Waals surface area (Å²) in [6, 6.07) is 7.31. The zero-order chi connectivity index (χ0) is 42.1. The molecule has 18 heteroatoms. The van der Waals surface area contributed by atoms with Crippen molar-refractivity contribution in [2.45, 2.75) is 70.9 Å². The molecule has 1 unspecified atom stereocenters. The second-order valence-electron chi connectivity index (χ2n) is 15.5. The number of imide groups is 2. The van der Waals surface area contributed by atoms with Crippen molar-refractivity contribution in [1.82, 2.24) is 34.6 Å². The topological polar surface area (TPSA) is 218 Å². The number of pyridine rings is 2. The Hall–Kier alpha value is -6.40. The number of ether oxygens (including phenoxy) is 1. The zero-order valence-corrected chi connectivity index (χ0v) is 33.5. The number of hydrogen-bond acceptors (Lipinski definition) is 14. The van der Waals surface area contributed by atoms with Crippen LogP contribution >= 0.6 is 0 Å². The maximum Gasteiger partial charge on any atom is 0.264 e. The lowest BCUT2D eigenvalue weighted by Gasteiger charge is -2.35. The van der Waals surface area contributed by atoms with Gasteiger partial charge in [0.25, 0.3) is 17.4 Å². The molecular weight excluding hydrogens is 773 g/mol. The molecule has 1 aromatic carbocycles. The third kappa shape index (κ3) is 7.99. The maximum atomic E-state index is 13.5. The van der Waals surface area contributed by atoms with E-state index in [1.54, 1.807) is 30.0 Å². The van der Waals surface area contributed by atoms with Crippen LogP contribution in [0.25, 0.3) is 11.0 Å². The van der Waals surface area contributed by atoms with Crippen LogP contribution in [0.1, 0.15) is 94.5 Å². The molecular formula is C42H46N10O8. The molecule has 18 nitrogen and oxygen atoms in total. The Balaban J connectivity index is 0.787. The van der Waals surface area contributed by atoms with E-state index in [0.717, 1.165) is 62.4 Å². The predicted octanol–water partition coefficient (Wildman–Crippen LogP) is 3.12. The van der Waals surface area contributed by atoms with E-state index in [-0.39, 0.29) is 71.5 Å². The summed E-state index contributed by atoms with van der Waals surface area (Å²) in [4.78, 5) is 108. The third-order valence-electron chi connectivity index (χ3n) is 11.7. The first-order valence-corrected chi connectivity index (χ1v) is 20.3. The number of fused-ring (bicyclic) bond motifs is 2. The Bertz CT molecular complexity index is 2460. The molecule has 4 aromatic rings. The summed E-state index contributed by atoms with van der Waals surface area (Å²) >= 11 is 0. The zero-order valence-electron chi connectivity index (χ0n) is 33.5. The molecule has 3 aliphatic heterocycles. The fourth-order valence-electron chi connectivity index (χ4n) is 8.59. The van der Waals surface area contributed by atoms with Crippen LogP contribution in [0.2, 0.25) is 0 Å². The molecule has 60 heavy (non-hydrogen) atoms. The van der Waals surface area contributed by atoms with E-state index in [0.29, 0.717) is 41.5 Å². The fraction of sp³-hybridized carbons (Fsp3) is 0.429. The fourth-order valence-corrected chi connectivity index (χ4v) is 8.59. The molecule has 1 atom stereocenters. The van der Waals surface area contributed by atoms with Gasteiger partial charge in [0.05, 0.1) is 53.9 Å². The molecule has 312 valence electrons. The molecule has 6 heterocycles. The van der Waals surface area contributed by atoms with Crippen LogP contribution in [0.4, 0.5) is 23.1 Å². The van der Waals surface area contributed by atoms with Crippen LogP contribution in [0.3, 0.4) is 0 Å². The molecule has 3 aromatic heterocycles. The monoisotopic (exact) mass is 818 g/mol. The van der Waals surface area contributed by atoms with Crippen molar-refractivity contribution in [2.75, 3.05) is 61.5 Å². The minimum Gasteiger partial charge on any atom is -0.380 e. The van der Waals surface area contributed by atoms with E-state index in [2.05, 4.69) is 35.7 Å². The predicted molar refractivity (Wildman–Crippen MR) is 219 cm³/mol. The summed E-state index contributed by atoms with van der Waals surface area (Å²) in [6.07, 6.45) is 7.33. The number of nitrogens with zero attached hydrogens (tertiary/aromatic N) is 7. The number of piperidine rings is 1. The number of benzene rings is 1. The van der Waals surface area contributed by atoms with Crippen molar-refractivity contribution in [3.05, 3.63) is 75.3 Å². The average molecular weight is 819 g/mol. The molecule has 0 radical (unpaired) electrons. The van der Waals surface area contributed by atoms with Crippen molar-refractivity contribution in [2.24, 2.45) is 0 Å². The van der Waals surface area contributed by atoms with Crippen LogP contribution in [-0.4, -0.2) is 117 Å². The van der Waals surface area contributed by atoms with Crippen molar-refractivity contribution in [3.63, 3.8) is 0 Å². The Labute approximate surface area is 344 Å². The first kappa shape index (κ1) is 40.4. The van der Waals surface area contributed by atoms with Crippen molar-refractivity contribution in [1.29, 1.82) is 0 Å². The van der Waals surface area contributed by atoms with Gasteiger partial charge >= 0.3 is 0 Å². The molecule has 1 saturated carbocycles. The normalized spacial score (nSPS) is 18.6. The Kier molecular flexibility index (Phi) is 11.5. The van der Waals surface area contributed by atoms with E-state index in [9.17, 15) is 33.6 Å². The summed E-state index contributed by atoms with van der Waals surface area (Å²) < 4.78 is 7.46. The molecule has 3 N–H and O–H groups in total. The van der Waals surface area contributed by atoms with Gasteiger partial charge in [-0.15, -0.1) is 0 Å². The van der Waals surface area contributed by atoms with Gasteiger partial charge in [-0.1, -0.05) is 18.9 Å². The van der Waals surface area contributed by atoms with Gasteiger partial charge in [-0.2, -0.15) is 4.98 Å². The summed E-state index contributed by atoms with van der Waals surface area (Å²) in [5.41, 5.74) is 2.28. The van der Waals surface area contributed by atoms with Crippen LogP contribution in [0.5, 0.6) is 0 Å². The highest BCUT2D eigenvalue weighted by molar-refractivity contribution is 6.26. The van der Waals surface area contributed by atoms with Crippen LogP contribution in [0, 0.1) is 6.92 Å². The van der Waals surface area contributed by atoms with Gasteiger partial charge in [0.2, 0.25) is 23.7 Å². The largest absolute Gasteiger partial charge is 0.380 e. The smallest absolute Gasteiger partial charge is 0.264 e. The highest BCUT2D eigenvalue weighted by atomic mass is 16.5. The van der Waals surface area contributed by atoms with Gasteiger partial charge in [-0.25, -0.2) is 9.97 Å². The Morgan fingerprint density at radius 1 is 0.917 bits per heavy atom. The molecule has 1 aliphatic carbocycles. The Morgan fingerprint density at radius 3 is 2.42 bits per heavy atom. The number of ketones is 1. The standard InChI is InChI=1S/C42H46N10O8/c1-24-29-23-44-42(48-37(29)51(26-6-3-4-7-26)40(58)35(24)25(2)53)46-32-12-10-27(22-43-32)50-17-15-49(16-18-50)19-21-60-20-14-34(55)45-30-9-5-8-28-36(30)41(59)52(39(28)57)31-11-13-33(54)47-38(31)56/h5,8-10,12,22-23,26,31H,3-4,6-7,11,13-21H2,1-2H3,(H,45,55)(H,47,54,56)(H,43,44,46,48). The van der Waals surface area contributed by atoms with Gasteiger partial charge in [0.15, 0.2) is 5.78 Å². The number of hydrogen-bond donors (Lipinski definition) is 3. The number of rotatable bonds is 13. The quantitative estimate of drug-likeness (QED) is 0.100. The lowest BCUT2D eigenvalue weighted by Crippen LogP contribution is -2.54. The summed E-state index contributed by atoms with van der Waals surface area (Å²) in [5.74, 6) is -2.26. The first-order valence-electron chi connectivity index (χ1n) is 20.3. The minimum absolute atomic E-state index is 0.0114. The van der Waals surface area contributed by atoms with Gasteiger partial charge in [-0.3, -0.25) is 53.2 Å². The van der Waals surface area contributed by atoms with E-state index in [1.807, 2.05) is 12.1 Å². The lowest BCUT2D eigenvalue weighted by atomic mass is 10.0. The maximum absolute atomic E-state index is 13.5. The van der Waals surface area contributed by atoms with Crippen LogP contribution in [0.15, 0.2) is 47.5 Å². The molecule has 3 fully saturated rings. The summed E-state index contributed by atoms with van der Waals surface area (Å²) in [6.45, 7) is 7.66.